The quantitative estimate of drug-likeness (QED) is 0.611. The molecule has 1 aromatic heterocycles. The fourth-order valence-corrected chi connectivity index (χ4v) is 1.30. The van der Waals surface area contributed by atoms with E-state index in [2.05, 4.69) is 5.10 Å². The van der Waals surface area contributed by atoms with Gasteiger partial charge in [0.05, 0.1) is 31.6 Å². The third kappa shape index (κ3) is 1.04. The Bertz CT molecular complexity index is 243. The van der Waals surface area contributed by atoms with Crippen molar-refractivity contribution < 1.29 is 4.74 Å². The zero-order valence-corrected chi connectivity index (χ0v) is 6.29. The van der Waals surface area contributed by atoms with Gasteiger partial charge in [0.25, 0.3) is 0 Å². The Kier molecular flexibility index (Phi) is 1.63. The van der Waals surface area contributed by atoms with Crippen LogP contribution in [0.5, 0.6) is 0 Å². The van der Waals surface area contributed by atoms with Crippen molar-refractivity contribution in [2.24, 2.45) is 5.73 Å². The fraction of sp³-hybridized carbons (Fsp3) is 0.571. The van der Waals surface area contributed by atoms with Crippen LogP contribution < -0.4 is 5.73 Å². The summed E-state index contributed by atoms with van der Waals surface area (Å²) in [5.41, 5.74) is 7.75. The third-order valence-electron chi connectivity index (χ3n) is 1.94. The van der Waals surface area contributed by atoms with E-state index >= 15 is 0 Å². The second-order valence-corrected chi connectivity index (χ2v) is 2.60. The van der Waals surface area contributed by atoms with E-state index in [1.54, 1.807) is 0 Å². The van der Waals surface area contributed by atoms with Crippen molar-refractivity contribution in [1.29, 1.82) is 0 Å². The molecule has 2 heterocycles. The molecule has 0 bridgehead atoms. The molecule has 2 N–H and O–H groups in total. The van der Waals surface area contributed by atoms with Gasteiger partial charge in [0.2, 0.25) is 0 Å². The normalized spacial score (nSPS) is 16.5. The largest absolute Gasteiger partial charge is 0.373 e. The van der Waals surface area contributed by atoms with Gasteiger partial charge >= 0.3 is 0 Å². The molecule has 4 heteroatoms. The highest BCUT2D eigenvalue weighted by molar-refractivity contribution is 5.17. The monoisotopic (exact) mass is 153 g/mol. The van der Waals surface area contributed by atoms with Crippen LogP contribution in [0.15, 0.2) is 6.20 Å². The van der Waals surface area contributed by atoms with Crippen LogP contribution in [0.25, 0.3) is 0 Å². The lowest BCUT2D eigenvalue weighted by Gasteiger charge is -2.14. The molecule has 2 rings (SSSR count). The van der Waals surface area contributed by atoms with Crippen LogP contribution in [-0.2, 0) is 24.4 Å². The predicted octanol–water partition coefficient (Wildman–Crippen LogP) is -0.128. The summed E-state index contributed by atoms with van der Waals surface area (Å²) in [7, 11) is 0. The van der Waals surface area contributed by atoms with Gasteiger partial charge in [-0.15, -0.1) is 0 Å². The Hall–Kier alpha value is -0.870. The van der Waals surface area contributed by atoms with Crippen LogP contribution in [0.2, 0.25) is 0 Å². The smallest absolute Gasteiger partial charge is 0.0889 e. The first-order valence-electron chi connectivity index (χ1n) is 3.73. The first kappa shape index (κ1) is 6.82. The van der Waals surface area contributed by atoms with E-state index in [0.717, 1.165) is 24.4 Å². The van der Waals surface area contributed by atoms with Crippen molar-refractivity contribution >= 4 is 0 Å². The van der Waals surface area contributed by atoms with Crippen molar-refractivity contribution in [3.63, 3.8) is 0 Å². The lowest BCUT2D eigenvalue weighted by molar-refractivity contribution is 0.0794. The maximum Gasteiger partial charge on any atom is 0.0889 e. The van der Waals surface area contributed by atoms with Gasteiger partial charge in [-0.3, -0.25) is 4.68 Å². The first-order chi connectivity index (χ1) is 5.42. The van der Waals surface area contributed by atoms with Crippen molar-refractivity contribution in [1.82, 2.24) is 9.78 Å². The molecule has 4 nitrogen and oxygen atoms in total. The number of hydrogen-bond donors (Lipinski definition) is 1. The molecule has 0 saturated heterocycles. The van der Waals surface area contributed by atoms with Gasteiger partial charge in [0.15, 0.2) is 0 Å². The maximum atomic E-state index is 5.51. The summed E-state index contributed by atoms with van der Waals surface area (Å²) in [6.07, 6.45) is 1.82. The number of ether oxygens (including phenoxy) is 1. The summed E-state index contributed by atoms with van der Waals surface area (Å²) in [5.74, 6) is 0. The second-order valence-electron chi connectivity index (χ2n) is 2.60. The molecular formula is C7H11N3O. The fourth-order valence-electron chi connectivity index (χ4n) is 1.30. The predicted molar refractivity (Wildman–Crippen MR) is 39.8 cm³/mol. The molecule has 60 valence electrons. The molecule has 11 heavy (non-hydrogen) atoms. The van der Waals surface area contributed by atoms with Crippen molar-refractivity contribution in [2.75, 3.05) is 6.61 Å². The average Bonchev–Trinajstić information content (AvgIpc) is 2.47. The lowest BCUT2D eigenvalue weighted by atomic mass is 10.2. The van der Waals surface area contributed by atoms with E-state index in [1.807, 2.05) is 10.9 Å². The van der Waals surface area contributed by atoms with E-state index in [1.165, 1.54) is 0 Å². The topological polar surface area (TPSA) is 53.1 Å². The number of rotatable bonds is 1. The van der Waals surface area contributed by atoms with Gasteiger partial charge in [-0.05, 0) is 0 Å². The summed E-state index contributed by atoms with van der Waals surface area (Å²) in [5, 5.41) is 4.18. The minimum Gasteiger partial charge on any atom is -0.373 e. The highest BCUT2D eigenvalue weighted by Crippen LogP contribution is 2.12. The Morgan fingerprint density at radius 1 is 1.73 bits per heavy atom. The average molecular weight is 153 g/mol. The molecule has 0 aromatic carbocycles. The summed E-state index contributed by atoms with van der Waals surface area (Å²) in [4.78, 5) is 0. The maximum absolute atomic E-state index is 5.51. The van der Waals surface area contributed by atoms with Crippen LogP contribution in [0.4, 0.5) is 0 Å². The molecule has 0 fully saturated rings. The Balaban J connectivity index is 2.38. The van der Waals surface area contributed by atoms with E-state index in [9.17, 15) is 0 Å². The number of nitrogens with zero attached hydrogens (tertiary/aromatic N) is 2. The minimum absolute atomic E-state index is 0.554. The van der Waals surface area contributed by atoms with Crippen molar-refractivity contribution in [2.45, 2.75) is 19.7 Å². The molecule has 1 aliphatic rings. The highest BCUT2D eigenvalue weighted by Gasteiger charge is 2.13. The van der Waals surface area contributed by atoms with E-state index in [0.29, 0.717) is 13.2 Å². The van der Waals surface area contributed by atoms with Crippen molar-refractivity contribution in [3.05, 3.63) is 17.5 Å². The number of aromatic nitrogens is 2. The zero-order valence-electron chi connectivity index (χ0n) is 6.29. The Morgan fingerprint density at radius 2 is 2.64 bits per heavy atom. The van der Waals surface area contributed by atoms with E-state index in [4.69, 9.17) is 10.5 Å². The van der Waals surface area contributed by atoms with Crippen LogP contribution in [0.3, 0.4) is 0 Å². The number of hydrogen-bond acceptors (Lipinski definition) is 3. The zero-order chi connectivity index (χ0) is 7.68. The lowest BCUT2D eigenvalue weighted by Crippen LogP contribution is -2.18. The summed E-state index contributed by atoms with van der Waals surface area (Å²) in [6.45, 7) is 2.83. The SMILES string of the molecule is NCc1cnn2c1COCC2. The molecule has 0 radical (unpaired) electrons. The third-order valence-corrected chi connectivity index (χ3v) is 1.94. The van der Waals surface area contributed by atoms with Gasteiger partial charge in [-0.1, -0.05) is 0 Å². The molecule has 1 aromatic rings. The van der Waals surface area contributed by atoms with Crippen LogP contribution >= 0.6 is 0 Å². The molecule has 1 aliphatic heterocycles. The van der Waals surface area contributed by atoms with Gasteiger partial charge in [0.1, 0.15) is 0 Å². The van der Waals surface area contributed by atoms with Gasteiger partial charge < -0.3 is 10.5 Å². The molecule has 0 amide bonds. The number of nitrogens with two attached hydrogens (primary N) is 1. The molecule has 0 unspecified atom stereocenters. The van der Waals surface area contributed by atoms with Gasteiger partial charge in [-0.25, -0.2) is 0 Å². The van der Waals surface area contributed by atoms with Crippen LogP contribution in [0.1, 0.15) is 11.3 Å². The summed E-state index contributed by atoms with van der Waals surface area (Å²) in [6, 6.07) is 0. The highest BCUT2D eigenvalue weighted by atomic mass is 16.5. The van der Waals surface area contributed by atoms with Crippen LogP contribution in [-0.4, -0.2) is 16.4 Å². The molecule has 0 aliphatic carbocycles. The molecular weight excluding hydrogens is 142 g/mol. The molecule has 0 saturated carbocycles. The van der Waals surface area contributed by atoms with Crippen molar-refractivity contribution in [3.8, 4) is 0 Å². The number of fused-ring (bicyclic) bond motifs is 1. The molecule has 0 spiro atoms. The second kappa shape index (κ2) is 2.64. The Labute approximate surface area is 64.9 Å². The van der Waals surface area contributed by atoms with E-state index < -0.39 is 0 Å². The first-order valence-corrected chi connectivity index (χ1v) is 3.73. The van der Waals surface area contributed by atoms with E-state index in [-0.39, 0.29) is 0 Å². The summed E-state index contributed by atoms with van der Waals surface area (Å²) < 4.78 is 7.24. The minimum atomic E-state index is 0.554. The van der Waals surface area contributed by atoms with Gasteiger partial charge in [0, 0.05) is 12.1 Å². The van der Waals surface area contributed by atoms with Gasteiger partial charge in [-0.2, -0.15) is 5.10 Å². The van der Waals surface area contributed by atoms with Crippen LogP contribution in [0, 0.1) is 0 Å². The Morgan fingerprint density at radius 3 is 3.45 bits per heavy atom. The standard InChI is InChI=1S/C7H11N3O/c8-3-6-4-9-10-1-2-11-5-7(6)10/h4H,1-3,5,8H2. The summed E-state index contributed by atoms with van der Waals surface area (Å²) >= 11 is 0. The molecule has 0 atom stereocenters.